The molecule has 0 amide bonds. The van der Waals surface area contributed by atoms with E-state index in [1.807, 2.05) is 0 Å². The molecule has 148 valence electrons. The highest BCUT2D eigenvalue weighted by Gasteiger charge is 2.61. The molecule has 0 aromatic heterocycles. The lowest BCUT2D eigenvalue weighted by atomic mass is 9.44. The zero-order valence-corrected chi connectivity index (χ0v) is 17.7. The van der Waals surface area contributed by atoms with Gasteiger partial charge in [-0.05, 0) is 98.7 Å². The maximum Gasteiger partial charge on any atom is 0.302 e. The Kier molecular flexibility index (Phi) is 4.72. The number of fused-ring (bicyclic) bond motifs is 5. The number of hydrogen-bond acceptors (Lipinski definition) is 2. The largest absolute Gasteiger partial charge is 0.462 e. The molecule has 2 heteroatoms. The Hall–Kier alpha value is -0.530. The monoisotopic (exact) mass is 360 g/mol. The minimum atomic E-state index is -0.0818. The van der Waals surface area contributed by atoms with Gasteiger partial charge in [0.15, 0.2) is 0 Å². The van der Waals surface area contributed by atoms with Crippen LogP contribution in [0.4, 0.5) is 0 Å². The van der Waals surface area contributed by atoms with Crippen molar-refractivity contribution in [3.05, 3.63) is 0 Å². The fraction of sp³-hybridized carbons (Fsp3) is 0.958. The van der Waals surface area contributed by atoms with Crippen LogP contribution in [0.25, 0.3) is 0 Å². The van der Waals surface area contributed by atoms with Crippen molar-refractivity contribution in [2.24, 2.45) is 46.3 Å². The Morgan fingerprint density at radius 3 is 2.31 bits per heavy atom. The first-order chi connectivity index (χ1) is 12.3. The Bertz CT molecular complexity index is 554. The summed E-state index contributed by atoms with van der Waals surface area (Å²) in [5.74, 6) is 5.27. The van der Waals surface area contributed by atoms with Gasteiger partial charge in [0.1, 0.15) is 6.10 Å². The van der Waals surface area contributed by atoms with Gasteiger partial charge in [0.05, 0.1) is 0 Å². The summed E-state index contributed by atoms with van der Waals surface area (Å²) in [6.07, 6.45) is 12.5. The van der Waals surface area contributed by atoms with Gasteiger partial charge in [-0.25, -0.2) is 0 Å². The van der Waals surface area contributed by atoms with Crippen LogP contribution in [-0.2, 0) is 9.53 Å². The van der Waals surface area contributed by atoms with Gasteiger partial charge in [0.2, 0.25) is 0 Å². The molecule has 0 aliphatic heterocycles. The molecule has 0 bridgehead atoms. The molecule has 0 N–H and O–H groups in total. The molecule has 8 atom stereocenters. The van der Waals surface area contributed by atoms with E-state index in [0.717, 1.165) is 41.9 Å². The minimum absolute atomic E-state index is 0.0818. The van der Waals surface area contributed by atoms with E-state index in [1.165, 1.54) is 51.4 Å². The Labute approximate surface area is 160 Å². The second-order valence-electron chi connectivity index (χ2n) is 11.2. The SMILES string of the molecule is CC(=O)O[C@H]1CC[C@@H]2[C@H]3CC[C@H]4C[C@@H](C(C)C)CC[C@]4(C)[C@H]3CC[C@]12C. The van der Waals surface area contributed by atoms with Gasteiger partial charge in [0, 0.05) is 12.3 Å². The molecule has 0 radical (unpaired) electrons. The Morgan fingerprint density at radius 2 is 1.62 bits per heavy atom. The van der Waals surface area contributed by atoms with Crippen molar-refractivity contribution in [2.45, 2.75) is 98.5 Å². The zero-order chi connectivity index (χ0) is 18.7. The van der Waals surface area contributed by atoms with Gasteiger partial charge < -0.3 is 4.74 Å². The molecular formula is C24H40O2. The molecule has 4 fully saturated rings. The molecule has 4 aliphatic carbocycles. The summed E-state index contributed by atoms with van der Waals surface area (Å²) in [7, 11) is 0. The quantitative estimate of drug-likeness (QED) is 0.545. The molecule has 0 spiro atoms. The molecule has 0 aromatic carbocycles. The van der Waals surface area contributed by atoms with E-state index in [1.54, 1.807) is 6.92 Å². The summed E-state index contributed by atoms with van der Waals surface area (Å²) in [5.41, 5.74) is 0.820. The van der Waals surface area contributed by atoms with Crippen LogP contribution in [0, 0.1) is 46.3 Å². The molecule has 4 saturated carbocycles. The van der Waals surface area contributed by atoms with Crippen LogP contribution in [0.1, 0.15) is 92.4 Å². The maximum atomic E-state index is 11.6. The van der Waals surface area contributed by atoms with Gasteiger partial charge in [-0.3, -0.25) is 4.79 Å². The molecule has 0 saturated heterocycles. The van der Waals surface area contributed by atoms with Crippen molar-refractivity contribution >= 4 is 5.97 Å². The fourth-order valence-electron chi connectivity index (χ4n) is 8.24. The van der Waals surface area contributed by atoms with E-state index in [0.29, 0.717) is 5.41 Å². The average Bonchev–Trinajstić information content (AvgIpc) is 2.90. The van der Waals surface area contributed by atoms with Gasteiger partial charge in [0.25, 0.3) is 0 Å². The van der Waals surface area contributed by atoms with Crippen molar-refractivity contribution in [1.82, 2.24) is 0 Å². The average molecular weight is 361 g/mol. The van der Waals surface area contributed by atoms with Crippen molar-refractivity contribution in [1.29, 1.82) is 0 Å². The highest BCUT2D eigenvalue weighted by Crippen LogP contribution is 2.67. The Morgan fingerprint density at radius 1 is 0.923 bits per heavy atom. The van der Waals surface area contributed by atoms with E-state index in [4.69, 9.17) is 4.74 Å². The summed E-state index contributed by atoms with van der Waals surface area (Å²) in [6, 6.07) is 0. The summed E-state index contributed by atoms with van der Waals surface area (Å²) >= 11 is 0. The molecule has 0 unspecified atom stereocenters. The topological polar surface area (TPSA) is 26.3 Å². The summed E-state index contributed by atoms with van der Waals surface area (Å²) in [6.45, 7) is 11.5. The zero-order valence-electron chi connectivity index (χ0n) is 17.7. The number of ether oxygens (including phenoxy) is 1. The van der Waals surface area contributed by atoms with Crippen LogP contribution in [0.15, 0.2) is 0 Å². The summed E-state index contributed by atoms with van der Waals surface area (Å²) in [5, 5.41) is 0. The third-order valence-corrected chi connectivity index (χ3v) is 9.87. The van der Waals surface area contributed by atoms with E-state index >= 15 is 0 Å². The Balaban J connectivity index is 1.54. The molecule has 0 heterocycles. The van der Waals surface area contributed by atoms with Crippen LogP contribution in [0.5, 0.6) is 0 Å². The van der Waals surface area contributed by atoms with Crippen LogP contribution in [-0.4, -0.2) is 12.1 Å². The first-order valence-electron chi connectivity index (χ1n) is 11.4. The van der Waals surface area contributed by atoms with Crippen LogP contribution in [0.3, 0.4) is 0 Å². The molecule has 26 heavy (non-hydrogen) atoms. The third kappa shape index (κ3) is 2.76. The van der Waals surface area contributed by atoms with Gasteiger partial charge in [-0.2, -0.15) is 0 Å². The van der Waals surface area contributed by atoms with Crippen molar-refractivity contribution in [2.75, 3.05) is 0 Å². The predicted octanol–water partition coefficient (Wildman–Crippen LogP) is 6.23. The lowest BCUT2D eigenvalue weighted by Gasteiger charge is -2.61. The summed E-state index contributed by atoms with van der Waals surface area (Å²) in [4.78, 5) is 11.6. The third-order valence-electron chi connectivity index (χ3n) is 9.87. The number of hydrogen-bond donors (Lipinski definition) is 0. The van der Waals surface area contributed by atoms with Crippen molar-refractivity contribution < 1.29 is 9.53 Å². The van der Waals surface area contributed by atoms with E-state index in [2.05, 4.69) is 27.7 Å². The van der Waals surface area contributed by atoms with Gasteiger partial charge in [-0.1, -0.05) is 27.7 Å². The first kappa shape index (κ1) is 18.8. The first-order valence-corrected chi connectivity index (χ1v) is 11.4. The van der Waals surface area contributed by atoms with Gasteiger partial charge >= 0.3 is 5.97 Å². The molecule has 4 rings (SSSR count). The number of esters is 1. The standard InChI is InChI=1S/C24H40O2/c1-15(2)17-10-12-23(4)18(14-17)6-7-19-20-8-9-22(26-16(3)25)24(20,5)13-11-21(19)23/h15,17-22H,6-14H2,1-5H3/t17-,18-,19+,20+,21-,22-,23-,24-/m0/s1. The highest BCUT2D eigenvalue weighted by atomic mass is 16.5. The van der Waals surface area contributed by atoms with Crippen molar-refractivity contribution in [3.63, 3.8) is 0 Å². The van der Waals surface area contributed by atoms with Crippen LogP contribution in [0.2, 0.25) is 0 Å². The number of carbonyl (C=O) groups excluding carboxylic acids is 1. The normalized spacial score (nSPS) is 50.7. The van der Waals surface area contributed by atoms with Gasteiger partial charge in [-0.15, -0.1) is 0 Å². The van der Waals surface area contributed by atoms with E-state index in [-0.39, 0.29) is 17.5 Å². The van der Waals surface area contributed by atoms with Crippen LogP contribution >= 0.6 is 0 Å². The van der Waals surface area contributed by atoms with E-state index in [9.17, 15) is 4.79 Å². The fourth-order valence-corrected chi connectivity index (χ4v) is 8.24. The minimum Gasteiger partial charge on any atom is -0.462 e. The lowest BCUT2D eigenvalue weighted by molar-refractivity contribution is -0.162. The van der Waals surface area contributed by atoms with E-state index < -0.39 is 0 Å². The second-order valence-corrected chi connectivity index (χ2v) is 11.2. The maximum absolute atomic E-state index is 11.6. The number of carbonyl (C=O) groups is 1. The predicted molar refractivity (Wildman–Crippen MR) is 106 cm³/mol. The highest BCUT2D eigenvalue weighted by molar-refractivity contribution is 5.66. The molecule has 4 aliphatic rings. The van der Waals surface area contributed by atoms with Crippen LogP contribution < -0.4 is 0 Å². The summed E-state index contributed by atoms with van der Waals surface area (Å²) < 4.78 is 5.80. The lowest BCUT2D eigenvalue weighted by Crippen LogP contribution is -2.54. The molecule has 2 nitrogen and oxygen atoms in total. The number of rotatable bonds is 2. The molecular weight excluding hydrogens is 320 g/mol. The second kappa shape index (κ2) is 6.52. The molecule has 0 aromatic rings. The smallest absolute Gasteiger partial charge is 0.302 e. The van der Waals surface area contributed by atoms with Crippen molar-refractivity contribution in [3.8, 4) is 0 Å².